The van der Waals surface area contributed by atoms with Crippen molar-refractivity contribution < 1.29 is 17.2 Å². The molecule has 3 N–H and O–H groups in total. The molecule has 4 rings (SSSR count). The van der Waals surface area contributed by atoms with Crippen molar-refractivity contribution in [3.8, 4) is 0 Å². The van der Waals surface area contributed by atoms with E-state index in [0.29, 0.717) is 13.2 Å². The van der Waals surface area contributed by atoms with Crippen LogP contribution in [0.2, 0.25) is 0 Å². The first kappa shape index (κ1) is 18.7. The van der Waals surface area contributed by atoms with Crippen LogP contribution in [0.5, 0.6) is 0 Å². The number of benzene rings is 1. The first-order valence-electron chi connectivity index (χ1n) is 8.41. The summed E-state index contributed by atoms with van der Waals surface area (Å²) in [6.45, 7) is 4.46. The maximum absolute atomic E-state index is 14.4. The summed E-state index contributed by atoms with van der Waals surface area (Å²) >= 11 is 0. The summed E-state index contributed by atoms with van der Waals surface area (Å²) in [4.78, 5) is 10.0. The minimum Gasteiger partial charge on any atom is -0.371 e. The van der Waals surface area contributed by atoms with Gasteiger partial charge in [0.1, 0.15) is 11.6 Å². The predicted octanol–water partition coefficient (Wildman–Crippen LogP) is 1.21. The molecule has 0 saturated heterocycles. The van der Waals surface area contributed by atoms with Crippen molar-refractivity contribution in [2.24, 2.45) is 15.1 Å². The number of allylic oxidation sites excluding steroid dienone is 3. The highest BCUT2D eigenvalue weighted by molar-refractivity contribution is 7.89. The van der Waals surface area contributed by atoms with Gasteiger partial charge in [0, 0.05) is 30.4 Å². The lowest BCUT2D eigenvalue weighted by molar-refractivity contribution is 0.253. The van der Waals surface area contributed by atoms with Gasteiger partial charge in [-0.15, -0.1) is 0 Å². The summed E-state index contributed by atoms with van der Waals surface area (Å²) in [6, 6.07) is 1.48. The van der Waals surface area contributed by atoms with Gasteiger partial charge in [-0.05, 0) is 29.9 Å². The van der Waals surface area contributed by atoms with E-state index in [1.807, 2.05) is 6.08 Å². The molecule has 0 amide bonds. The van der Waals surface area contributed by atoms with E-state index < -0.39 is 26.6 Å². The Balaban J connectivity index is 1.58. The number of hydrogen-bond acceptors (Lipinski definition) is 6. The number of rotatable bonds is 4. The highest BCUT2D eigenvalue weighted by atomic mass is 32.2. The van der Waals surface area contributed by atoms with Crippen LogP contribution in [0.3, 0.4) is 0 Å². The molecule has 0 bridgehead atoms. The zero-order valence-corrected chi connectivity index (χ0v) is 15.5. The van der Waals surface area contributed by atoms with Crippen molar-refractivity contribution in [1.82, 2.24) is 10.2 Å². The molecule has 1 unspecified atom stereocenters. The molecule has 0 spiro atoms. The molecule has 0 radical (unpaired) electrons. The number of primary sulfonamides is 1. The zero-order chi connectivity index (χ0) is 20.1. The van der Waals surface area contributed by atoms with Crippen LogP contribution in [0.15, 0.2) is 62.6 Å². The van der Waals surface area contributed by atoms with Gasteiger partial charge in [0.15, 0.2) is 6.17 Å². The average Bonchev–Trinajstić information content (AvgIpc) is 3.07. The number of nitrogens with one attached hydrogen (secondary N) is 1. The fourth-order valence-corrected chi connectivity index (χ4v) is 3.90. The molecule has 28 heavy (non-hydrogen) atoms. The molecule has 1 atom stereocenters. The van der Waals surface area contributed by atoms with E-state index in [4.69, 9.17) is 5.14 Å². The third-order valence-corrected chi connectivity index (χ3v) is 5.67. The molecule has 0 aromatic heterocycles. The van der Waals surface area contributed by atoms with Gasteiger partial charge in [0.2, 0.25) is 10.0 Å². The quantitative estimate of drug-likeness (QED) is 0.786. The monoisotopic (exact) mass is 405 g/mol. The number of aliphatic imine (C=N–C) groups is 2. The van der Waals surface area contributed by atoms with Crippen LogP contribution in [0.1, 0.15) is 5.56 Å². The van der Waals surface area contributed by atoms with Crippen LogP contribution >= 0.6 is 0 Å². The fourth-order valence-electron chi connectivity index (χ4n) is 3.36. The Hall–Kier alpha value is -2.69. The molecule has 1 aromatic rings. The Morgan fingerprint density at radius 1 is 1.36 bits per heavy atom. The molecule has 0 saturated carbocycles. The molecule has 146 valence electrons. The lowest BCUT2D eigenvalue weighted by Gasteiger charge is -2.34. The number of fused-ring (bicyclic) bond motifs is 2. The van der Waals surface area contributed by atoms with Crippen molar-refractivity contribution in [2.75, 3.05) is 13.2 Å². The third-order valence-electron chi connectivity index (χ3n) is 4.78. The van der Waals surface area contributed by atoms with Crippen molar-refractivity contribution >= 4 is 21.9 Å². The first-order chi connectivity index (χ1) is 13.3. The SMILES string of the molecule is C=CC1=NC2N=CC3=C(CN(Cc4c(F)cc(S(N)(=O)=O)cc4F)CN3)C2=C1. The second-order valence-corrected chi connectivity index (χ2v) is 8.20. The van der Waals surface area contributed by atoms with Crippen molar-refractivity contribution in [1.29, 1.82) is 0 Å². The smallest absolute Gasteiger partial charge is 0.238 e. The van der Waals surface area contributed by atoms with E-state index in [2.05, 4.69) is 21.9 Å². The molecule has 3 aliphatic heterocycles. The largest absolute Gasteiger partial charge is 0.371 e. The van der Waals surface area contributed by atoms with Crippen LogP contribution in [-0.2, 0) is 16.6 Å². The van der Waals surface area contributed by atoms with Gasteiger partial charge in [-0.1, -0.05) is 6.58 Å². The van der Waals surface area contributed by atoms with Crippen molar-refractivity contribution in [2.45, 2.75) is 17.6 Å². The Kier molecular flexibility index (Phi) is 4.48. The predicted molar refractivity (Wildman–Crippen MR) is 101 cm³/mol. The molecular weight excluding hydrogens is 388 g/mol. The molecule has 0 aliphatic carbocycles. The highest BCUT2D eigenvalue weighted by Crippen LogP contribution is 2.31. The van der Waals surface area contributed by atoms with Crippen LogP contribution < -0.4 is 10.5 Å². The summed E-state index contributed by atoms with van der Waals surface area (Å²) in [7, 11) is -4.19. The Morgan fingerprint density at radius 3 is 2.71 bits per heavy atom. The lowest BCUT2D eigenvalue weighted by Crippen LogP contribution is -2.43. The topological polar surface area (TPSA) is 100 Å². The zero-order valence-electron chi connectivity index (χ0n) is 14.7. The van der Waals surface area contributed by atoms with E-state index in [1.54, 1.807) is 17.2 Å². The fraction of sp³-hybridized carbons (Fsp3) is 0.222. The van der Waals surface area contributed by atoms with Gasteiger partial charge in [-0.25, -0.2) is 22.3 Å². The van der Waals surface area contributed by atoms with Crippen LogP contribution in [0, 0.1) is 11.6 Å². The van der Waals surface area contributed by atoms with E-state index in [0.717, 1.165) is 34.7 Å². The van der Waals surface area contributed by atoms with E-state index >= 15 is 0 Å². The van der Waals surface area contributed by atoms with Crippen molar-refractivity contribution in [3.05, 3.63) is 64.9 Å². The van der Waals surface area contributed by atoms with E-state index in [1.165, 1.54) is 0 Å². The summed E-state index contributed by atoms with van der Waals surface area (Å²) < 4.78 is 51.4. The molecule has 7 nitrogen and oxygen atoms in total. The first-order valence-corrected chi connectivity index (χ1v) is 9.96. The molecule has 10 heteroatoms. The maximum Gasteiger partial charge on any atom is 0.238 e. The second-order valence-electron chi connectivity index (χ2n) is 6.63. The Morgan fingerprint density at radius 2 is 2.07 bits per heavy atom. The summed E-state index contributed by atoms with van der Waals surface area (Å²) in [5.74, 6) is -1.91. The van der Waals surface area contributed by atoms with Crippen LogP contribution in [-0.4, -0.2) is 44.6 Å². The standard InChI is InChI=1S/C18H17F2N5O2S/c1-2-10-3-12-13-7-25(9-23-17(13)6-22-18(12)24-10)8-14-15(19)4-11(5-16(14)20)28(21,26)27/h2-6,18,23H,1,7-9H2,(H2,21,26,27). The number of nitrogens with two attached hydrogens (primary N) is 1. The molecule has 3 aliphatic rings. The van der Waals surface area contributed by atoms with Crippen LogP contribution in [0.25, 0.3) is 0 Å². The highest BCUT2D eigenvalue weighted by Gasteiger charge is 2.31. The number of halogens is 2. The van der Waals surface area contributed by atoms with Crippen LogP contribution in [0.4, 0.5) is 8.78 Å². The summed E-state index contributed by atoms with van der Waals surface area (Å²) in [5.41, 5.74) is 3.25. The lowest BCUT2D eigenvalue weighted by atomic mass is 9.97. The number of nitrogens with zero attached hydrogens (tertiary/aromatic N) is 3. The number of hydrogen-bond donors (Lipinski definition) is 2. The molecular formula is C18H17F2N5O2S. The molecule has 3 heterocycles. The maximum atomic E-state index is 14.4. The van der Waals surface area contributed by atoms with Gasteiger partial charge in [-0.3, -0.25) is 14.9 Å². The van der Waals surface area contributed by atoms with Gasteiger partial charge in [-0.2, -0.15) is 0 Å². The molecule has 0 fully saturated rings. The number of sulfonamides is 1. The average molecular weight is 405 g/mol. The van der Waals surface area contributed by atoms with E-state index in [-0.39, 0.29) is 18.3 Å². The van der Waals surface area contributed by atoms with Gasteiger partial charge in [0.25, 0.3) is 0 Å². The Bertz CT molecular complexity index is 1080. The minimum atomic E-state index is -4.19. The summed E-state index contributed by atoms with van der Waals surface area (Å²) in [6.07, 6.45) is 4.94. The normalized spacial score (nSPS) is 21.6. The summed E-state index contributed by atoms with van der Waals surface area (Å²) in [5, 5.41) is 8.14. The second kappa shape index (κ2) is 6.73. The number of dihydropyridines is 1. The van der Waals surface area contributed by atoms with Crippen molar-refractivity contribution in [3.63, 3.8) is 0 Å². The van der Waals surface area contributed by atoms with Gasteiger partial charge in [0.05, 0.1) is 23.0 Å². The Labute approximate surface area is 160 Å². The van der Waals surface area contributed by atoms with Gasteiger partial charge >= 0.3 is 0 Å². The van der Waals surface area contributed by atoms with E-state index in [9.17, 15) is 17.2 Å². The minimum absolute atomic E-state index is 0.0450. The molecule has 1 aromatic carbocycles. The van der Waals surface area contributed by atoms with Gasteiger partial charge < -0.3 is 5.32 Å². The third kappa shape index (κ3) is 3.30.